The third-order valence-corrected chi connectivity index (χ3v) is 6.13. The minimum Gasteiger partial charge on any atom is -0.332 e. The van der Waals surface area contributed by atoms with Crippen molar-refractivity contribution >= 4 is 22.9 Å². The number of thiophene rings is 1. The van der Waals surface area contributed by atoms with Gasteiger partial charge in [0.1, 0.15) is 0 Å². The zero-order valence-corrected chi connectivity index (χ0v) is 16.3. The second-order valence-corrected chi connectivity index (χ2v) is 7.97. The van der Waals surface area contributed by atoms with Crippen LogP contribution in [0.4, 0.5) is 0 Å². The molecule has 0 spiro atoms. The van der Waals surface area contributed by atoms with Gasteiger partial charge in [-0.3, -0.25) is 19.8 Å². The molecule has 0 aliphatic carbocycles. The number of amides is 1. The summed E-state index contributed by atoms with van der Waals surface area (Å²) in [5.74, 6) is -0.0297. The number of aromatic amines is 2. The summed E-state index contributed by atoms with van der Waals surface area (Å²) >= 11 is 1.60. The van der Waals surface area contributed by atoms with Gasteiger partial charge in [-0.2, -0.15) is 5.10 Å². The molecule has 0 aromatic carbocycles. The fourth-order valence-electron chi connectivity index (χ4n) is 3.65. The van der Waals surface area contributed by atoms with E-state index in [4.69, 9.17) is 0 Å². The van der Waals surface area contributed by atoms with E-state index in [2.05, 4.69) is 20.3 Å². The molecule has 4 aromatic heterocycles. The van der Waals surface area contributed by atoms with Crippen LogP contribution in [0, 0.1) is 13.8 Å². The summed E-state index contributed by atoms with van der Waals surface area (Å²) in [4.78, 5) is 33.1. The molecule has 0 saturated heterocycles. The van der Waals surface area contributed by atoms with Gasteiger partial charge in [-0.15, -0.1) is 11.3 Å². The molecular formula is C19H18N6O2S. The largest absolute Gasteiger partial charge is 0.332 e. The highest BCUT2D eigenvalue weighted by atomic mass is 32.1. The van der Waals surface area contributed by atoms with Crippen molar-refractivity contribution in [1.82, 2.24) is 29.7 Å². The molecule has 0 bridgehead atoms. The van der Waals surface area contributed by atoms with Crippen molar-refractivity contribution in [1.29, 1.82) is 0 Å². The summed E-state index contributed by atoms with van der Waals surface area (Å²) in [6, 6.07) is 5.83. The maximum atomic E-state index is 12.9. The number of fused-ring (bicyclic) bond motifs is 2. The van der Waals surface area contributed by atoms with Gasteiger partial charge in [0.25, 0.3) is 5.56 Å². The van der Waals surface area contributed by atoms with Crippen LogP contribution in [-0.4, -0.2) is 35.6 Å². The molecule has 1 amide bonds. The summed E-state index contributed by atoms with van der Waals surface area (Å²) < 4.78 is 1.46. The molecule has 0 unspecified atom stereocenters. The Labute approximate surface area is 163 Å². The van der Waals surface area contributed by atoms with E-state index in [-0.39, 0.29) is 24.4 Å². The first-order chi connectivity index (χ1) is 13.5. The number of carbonyl (C=O) groups is 1. The van der Waals surface area contributed by atoms with E-state index in [0.29, 0.717) is 23.4 Å². The van der Waals surface area contributed by atoms with Gasteiger partial charge in [-0.1, -0.05) is 6.07 Å². The summed E-state index contributed by atoms with van der Waals surface area (Å²) in [7, 11) is 0. The van der Waals surface area contributed by atoms with Gasteiger partial charge in [0, 0.05) is 17.3 Å². The number of rotatable bonds is 3. The minimum atomic E-state index is -0.145. The van der Waals surface area contributed by atoms with Crippen LogP contribution in [0.2, 0.25) is 0 Å². The molecule has 5 rings (SSSR count). The zero-order valence-electron chi connectivity index (χ0n) is 15.4. The number of nitrogens with one attached hydrogen (secondary N) is 2. The number of carbonyl (C=O) groups excluding carboxylic acids is 1. The molecule has 28 heavy (non-hydrogen) atoms. The summed E-state index contributed by atoms with van der Waals surface area (Å²) in [6.45, 7) is 4.43. The van der Waals surface area contributed by atoms with Gasteiger partial charge in [-0.25, -0.2) is 9.50 Å². The third-order valence-electron chi connectivity index (χ3n) is 5.23. The highest BCUT2D eigenvalue weighted by Crippen LogP contribution is 2.25. The second-order valence-electron chi connectivity index (χ2n) is 7.02. The first-order valence-corrected chi connectivity index (χ1v) is 9.85. The lowest BCUT2D eigenvalue weighted by Gasteiger charge is -2.14. The lowest BCUT2D eigenvalue weighted by atomic mass is 10.1. The van der Waals surface area contributed by atoms with E-state index >= 15 is 0 Å². The lowest BCUT2D eigenvalue weighted by Crippen LogP contribution is -2.28. The summed E-state index contributed by atoms with van der Waals surface area (Å²) in [5.41, 5.74) is 5.18. The molecule has 0 fully saturated rings. The Bertz CT molecular complexity index is 1240. The number of hydrogen-bond acceptors (Lipinski definition) is 5. The molecule has 1 aliphatic heterocycles. The Kier molecular flexibility index (Phi) is 3.73. The van der Waals surface area contributed by atoms with Gasteiger partial charge in [0.05, 0.1) is 47.0 Å². The van der Waals surface area contributed by atoms with Crippen LogP contribution in [0.15, 0.2) is 28.4 Å². The molecule has 0 atom stereocenters. The van der Waals surface area contributed by atoms with E-state index < -0.39 is 0 Å². The van der Waals surface area contributed by atoms with Crippen molar-refractivity contribution in [3.8, 4) is 10.6 Å². The second kappa shape index (κ2) is 6.16. The van der Waals surface area contributed by atoms with E-state index in [1.165, 1.54) is 4.52 Å². The number of nitrogens with zero attached hydrogens (tertiary/aromatic N) is 4. The zero-order chi connectivity index (χ0) is 19.4. The fourth-order valence-corrected chi connectivity index (χ4v) is 4.35. The van der Waals surface area contributed by atoms with Crippen LogP contribution in [0.25, 0.3) is 16.2 Å². The van der Waals surface area contributed by atoms with Crippen LogP contribution in [0.3, 0.4) is 0 Å². The average molecular weight is 394 g/mol. The highest BCUT2D eigenvalue weighted by molar-refractivity contribution is 7.13. The van der Waals surface area contributed by atoms with Gasteiger partial charge in [0.15, 0.2) is 5.65 Å². The molecule has 1 aliphatic rings. The lowest BCUT2D eigenvalue weighted by molar-refractivity contribution is -0.131. The van der Waals surface area contributed by atoms with Crippen molar-refractivity contribution in [2.45, 2.75) is 33.4 Å². The molecule has 8 nitrogen and oxygen atoms in total. The Morgan fingerprint density at radius 3 is 2.89 bits per heavy atom. The maximum absolute atomic E-state index is 12.9. The van der Waals surface area contributed by atoms with Crippen LogP contribution in [0.1, 0.15) is 28.2 Å². The summed E-state index contributed by atoms with van der Waals surface area (Å²) in [6.07, 6.45) is 0.268. The number of H-pyrrole nitrogens is 2. The van der Waals surface area contributed by atoms with Gasteiger partial charge in [0.2, 0.25) is 5.91 Å². The molecule has 5 heterocycles. The Morgan fingerprint density at radius 2 is 2.18 bits per heavy atom. The Morgan fingerprint density at radius 1 is 1.32 bits per heavy atom. The molecule has 9 heteroatoms. The normalized spacial score (nSPS) is 13.4. The van der Waals surface area contributed by atoms with E-state index in [0.717, 1.165) is 27.5 Å². The van der Waals surface area contributed by atoms with Crippen LogP contribution < -0.4 is 5.56 Å². The molecule has 2 N–H and O–H groups in total. The van der Waals surface area contributed by atoms with Gasteiger partial charge < -0.3 is 4.90 Å². The predicted molar refractivity (Wildman–Crippen MR) is 105 cm³/mol. The van der Waals surface area contributed by atoms with E-state index in [1.807, 2.05) is 37.4 Å². The Balaban J connectivity index is 1.44. The molecule has 142 valence electrons. The highest BCUT2D eigenvalue weighted by Gasteiger charge is 2.29. The Hall–Kier alpha value is -3.20. The van der Waals surface area contributed by atoms with E-state index in [9.17, 15) is 9.59 Å². The van der Waals surface area contributed by atoms with Gasteiger partial charge >= 0.3 is 0 Å². The maximum Gasteiger partial charge on any atom is 0.278 e. The molecule has 4 aromatic rings. The quantitative estimate of drug-likeness (QED) is 0.556. The standard InChI is InChI=1S/C19H18N6O2S/c1-10-12(11(2)22-21-10)6-18(26)24-8-13-15(9-24)20-17-7-14(16-4-3-5-28-16)23-25(17)19(13)27/h3-5,7,23H,6,8-9H2,1-2H3,(H,21,22). The SMILES string of the molecule is Cc1n[nH]c(C)c1CC(=O)N1Cc2nc3cc(-c4cccs4)[nH]n3c(=O)c2C1. The molecule has 0 radical (unpaired) electrons. The minimum absolute atomic E-state index is 0.0297. The van der Waals surface area contributed by atoms with Crippen molar-refractivity contribution in [2.24, 2.45) is 0 Å². The first kappa shape index (κ1) is 16.9. The monoisotopic (exact) mass is 394 g/mol. The van der Waals surface area contributed by atoms with Gasteiger partial charge in [-0.05, 0) is 25.3 Å². The van der Waals surface area contributed by atoms with Crippen molar-refractivity contribution in [3.63, 3.8) is 0 Å². The van der Waals surface area contributed by atoms with Crippen LogP contribution in [0.5, 0.6) is 0 Å². The topological polar surface area (TPSA) is 99.2 Å². The van der Waals surface area contributed by atoms with Crippen molar-refractivity contribution in [3.05, 3.63) is 62.1 Å². The summed E-state index contributed by atoms with van der Waals surface area (Å²) in [5, 5.41) is 12.2. The molecule has 0 saturated carbocycles. The predicted octanol–water partition coefficient (Wildman–Crippen LogP) is 2.18. The van der Waals surface area contributed by atoms with Crippen LogP contribution >= 0.6 is 11.3 Å². The third kappa shape index (κ3) is 2.58. The smallest absolute Gasteiger partial charge is 0.278 e. The van der Waals surface area contributed by atoms with Crippen LogP contribution in [-0.2, 0) is 24.3 Å². The molecular weight excluding hydrogens is 376 g/mol. The average Bonchev–Trinajstić information content (AvgIpc) is 3.44. The number of aromatic nitrogens is 5. The first-order valence-electron chi connectivity index (χ1n) is 8.97. The van der Waals surface area contributed by atoms with E-state index in [1.54, 1.807) is 16.2 Å². The van der Waals surface area contributed by atoms with Crippen molar-refractivity contribution < 1.29 is 4.79 Å². The number of aryl methyl sites for hydroxylation is 2. The van der Waals surface area contributed by atoms with Crippen molar-refractivity contribution in [2.75, 3.05) is 0 Å². The fraction of sp³-hybridized carbons (Fsp3) is 0.263. The number of hydrogen-bond donors (Lipinski definition) is 2.